The summed E-state index contributed by atoms with van der Waals surface area (Å²) in [7, 11) is 1.67. The fourth-order valence-corrected chi connectivity index (χ4v) is 3.60. The molecule has 0 bridgehead atoms. The Bertz CT molecular complexity index is 873. The number of thiophene rings is 1. The van der Waals surface area contributed by atoms with Crippen molar-refractivity contribution in [3.63, 3.8) is 0 Å². The van der Waals surface area contributed by atoms with Gasteiger partial charge in [0.05, 0.1) is 18.0 Å². The quantitative estimate of drug-likeness (QED) is 0.592. The van der Waals surface area contributed by atoms with Crippen molar-refractivity contribution in [3.8, 4) is 10.8 Å². The van der Waals surface area contributed by atoms with Gasteiger partial charge in [0.15, 0.2) is 5.11 Å². The van der Waals surface area contributed by atoms with Crippen molar-refractivity contribution >= 4 is 34.4 Å². The minimum Gasteiger partial charge on any atom is -0.418 e. The highest BCUT2D eigenvalue weighted by molar-refractivity contribution is 7.80. The number of rotatable bonds is 7. The van der Waals surface area contributed by atoms with Gasteiger partial charge in [-0.05, 0) is 60.8 Å². The summed E-state index contributed by atoms with van der Waals surface area (Å²) in [5, 5.41) is 14.2. The van der Waals surface area contributed by atoms with Crippen LogP contribution in [0.5, 0.6) is 0 Å². The fraction of sp³-hybridized carbons (Fsp3) is 0.316. The summed E-state index contributed by atoms with van der Waals surface area (Å²) in [5.74, 6) is 1.04. The van der Waals surface area contributed by atoms with E-state index in [-0.39, 0.29) is 0 Å². The number of thiocarbonyl (C=S) groups is 1. The first-order valence-electron chi connectivity index (χ1n) is 8.54. The molecule has 0 aliphatic rings. The normalized spacial score (nSPS) is 10.8. The number of methoxy groups -OCH3 is 1. The summed E-state index contributed by atoms with van der Waals surface area (Å²) in [4.78, 5) is 2.91. The number of benzene rings is 1. The second-order valence-corrected chi connectivity index (χ2v) is 7.53. The van der Waals surface area contributed by atoms with Crippen LogP contribution >= 0.6 is 23.6 Å². The van der Waals surface area contributed by atoms with E-state index in [1.165, 1.54) is 11.1 Å². The van der Waals surface area contributed by atoms with E-state index in [4.69, 9.17) is 21.4 Å². The van der Waals surface area contributed by atoms with Gasteiger partial charge in [-0.3, -0.25) is 0 Å². The monoisotopic (exact) mass is 402 g/mol. The lowest BCUT2D eigenvalue weighted by Gasteiger charge is -2.24. The number of aryl methyl sites for hydroxylation is 2. The molecule has 1 aromatic carbocycles. The zero-order valence-corrected chi connectivity index (χ0v) is 17.2. The number of aromatic nitrogens is 2. The number of nitrogens with zero attached hydrogens (tertiary/aromatic N) is 3. The van der Waals surface area contributed by atoms with Crippen LogP contribution in [-0.4, -0.2) is 40.5 Å². The smallest absolute Gasteiger partial charge is 0.257 e. The number of ether oxygens (including phenoxy) is 1. The summed E-state index contributed by atoms with van der Waals surface area (Å²) in [6, 6.07) is 10.2. The molecule has 1 N–H and O–H groups in total. The van der Waals surface area contributed by atoms with Crippen molar-refractivity contribution in [3.05, 3.63) is 52.7 Å². The SMILES string of the molecule is COCCN(Cc1nnc(-c2cccs2)o1)C(=S)Nc1cc(C)cc(C)c1. The molecule has 3 aromatic rings. The van der Waals surface area contributed by atoms with Crippen LogP contribution in [0, 0.1) is 13.8 Å². The summed E-state index contributed by atoms with van der Waals surface area (Å²) in [6.45, 7) is 5.70. The molecule has 142 valence electrons. The second kappa shape index (κ2) is 9.07. The molecular weight excluding hydrogens is 380 g/mol. The molecule has 0 spiro atoms. The van der Waals surface area contributed by atoms with Crippen molar-refractivity contribution < 1.29 is 9.15 Å². The van der Waals surface area contributed by atoms with Crippen molar-refractivity contribution in [2.24, 2.45) is 0 Å². The molecule has 27 heavy (non-hydrogen) atoms. The molecule has 0 amide bonds. The molecule has 0 aliphatic carbocycles. The Kier molecular flexibility index (Phi) is 6.54. The molecule has 2 heterocycles. The van der Waals surface area contributed by atoms with Crippen molar-refractivity contribution in [1.82, 2.24) is 15.1 Å². The lowest BCUT2D eigenvalue weighted by Crippen LogP contribution is -2.36. The van der Waals surface area contributed by atoms with E-state index in [1.807, 2.05) is 22.4 Å². The Balaban J connectivity index is 1.72. The van der Waals surface area contributed by atoms with Crippen LogP contribution in [0.2, 0.25) is 0 Å². The van der Waals surface area contributed by atoms with Gasteiger partial charge < -0.3 is 19.4 Å². The molecule has 0 radical (unpaired) electrons. The van der Waals surface area contributed by atoms with Crippen LogP contribution < -0.4 is 5.32 Å². The molecular formula is C19H22N4O2S2. The molecule has 0 saturated carbocycles. The zero-order chi connectivity index (χ0) is 19.2. The number of nitrogens with one attached hydrogen (secondary N) is 1. The van der Waals surface area contributed by atoms with Gasteiger partial charge in [-0.1, -0.05) is 12.1 Å². The van der Waals surface area contributed by atoms with E-state index >= 15 is 0 Å². The van der Waals surface area contributed by atoms with Gasteiger partial charge in [-0.15, -0.1) is 21.5 Å². The highest BCUT2D eigenvalue weighted by Gasteiger charge is 2.16. The van der Waals surface area contributed by atoms with Gasteiger partial charge in [-0.25, -0.2) is 0 Å². The fourth-order valence-electron chi connectivity index (χ4n) is 2.68. The Hall–Kier alpha value is -2.29. The lowest BCUT2D eigenvalue weighted by atomic mass is 10.1. The Morgan fingerprint density at radius 3 is 2.70 bits per heavy atom. The molecule has 8 heteroatoms. The van der Waals surface area contributed by atoms with Crippen LogP contribution in [0.25, 0.3) is 10.8 Å². The number of hydrogen-bond acceptors (Lipinski definition) is 6. The van der Waals surface area contributed by atoms with E-state index < -0.39 is 0 Å². The van der Waals surface area contributed by atoms with Gasteiger partial charge in [0.2, 0.25) is 5.89 Å². The Morgan fingerprint density at radius 1 is 1.26 bits per heavy atom. The predicted octanol–water partition coefficient (Wildman–Crippen LogP) is 4.26. The molecule has 0 atom stereocenters. The van der Waals surface area contributed by atoms with Gasteiger partial charge in [0, 0.05) is 19.3 Å². The standard InChI is InChI=1S/C19H22N4O2S2/c1-13-9-14(2)11-15(10-13)20-19(26)23(6-7-24-3)12-17-21-22-18(25-17)16-5-4-8-27-16/h4-5,8-11H,6-7,12H2,1-3H3,(H,20,26). The molecule has 2 aromatic heterocycles. The minimum atomic E-state index is 0.415. The summed E-state index contributed by atoms with van der Waals surface area (Å²) in [5.41, 5.74) is 3.33. The third-order valence-electron chi connectivity index (χ3n) is 3.85. The number of hydrogen-bond donors (Lipinski definition) is 1. The van der Waals surface area contributed by atoms with E-state index in [2.05, 4.69) is 47.6 Å². The largest absolute Gasteiger partial charge is 0.418 e. The topological polar surface area (TPSA) is 63.4 Å². The third kappa shape index (κ3) is 5.35. The molecule has 0 saturated heterocycles. The molecule has 3 rings (SSSR count). The first kappa shape index (κ1) is 19.5. The molecule has 6 nitrogen and oxygen atoms in total. The first-order chi connectivity index (χ1) is 13.0. The van der Waals surface area contributed by atoms with Crippen LogP contribution in [-0.2, 0) is 11.3 Å². The lowest BCUT2D eigenvalue weighted by molar-refractivity contribution is 0.172. The summed E-state index contributed by atoms with van der Waals surface area (Å²) in [6.07, 6.45) is 0. The average Bonchev–Trinajstić information content (AvgIpc) is 3.29. The second-order valence-electron chi connectivity index (χ2n) is 6.20. The molecule has 0 unspecified atom stereocenters. The summed E-state index contributed by atoms with van der Waals surface area (Å²) < 4.78 is 11.0. The van der Waals surface area contributed by atoms with E-state index in [0.717, 1.165) is 10.6 Å². The van der Waals surface area contributed by atoms with Crippen molar-refractivity contribution in [2.75, 3.05) is 25.6 Å². The van der Waals surface area contributed by atoms with Crippen LogP contribution in [0.15, 0.2) is 40.1 Å². The highest BCUT2D eigenvalue weighted by atomic mass is 32.1. The van der Waals surface area contributed by atoms with Crippen molar-refractivity contribution in [1.29, 1.82) is 0 Å². The number of anilines is 1. The Labute approximate surface area is 168 Å². The van der Waals surface area contributed by atoms with Gasteiger partial charge >= 0.3 is 0 Å². The first-order valence-corrected chi connectivity index (χ1v) is 9.83. The van der Waals surface area contributed by atoms with E-state index in [9.17, 15) is 0 Å². The van der Waals surface area contributed by atoms with Gasteiger partial charge in [-0.2, -0.15) is 0 Å². The Morgan fingerprint density at radius 2 is 2.04 bits per heavy atom. The summed E-state index contributed by atoms with van der Waals surface area (Å²) >= 11 is 7.18. The van der Waals surface area contributed by atoms with E-state index in [0.29, 0.717) is 36.6 Å². The maximum atomic E-state index is 5.80. The highest BCUT2D eigenvalue weighted by Crippen LogP contribution is 2.23. The minimum absolute atomic E-state index is 0.415. The molecule has 0 fully saturated rings. The van der Waals surface area contributed by atoms with Crippen LogP contribution in [0.4, 0.5) is 5.69 Å². The maximum Gasteiger partial charge on any atom is 0.257 e. The average molecular weight is 403 g/mol. The predicted molar refractivity (Wildman–Crippen MR) is 112 cm³/mol. The van der Waals surface area contributed by atoms with Crippen molar-refractivity contribution in [2.45, 2.75) is 20.4 Å². The molecule has 0 aliphatic heterocycles. The van der Waals surface area contributed by atoms with Gasteiger partial charge in [0.25, 0.3) is 5.89 Å². The van der Waals surface area contributed by atoms with E-state index in [1.54, 1.807) is 18.4 Å². The van der Waals surface area contributed by atoms with Gasteiger partial charge in [0.1, 0.15) is 0 Å². The van der Waals surface area contributed by atoms with Crippen LogP contribution in [0.3, 0.4) is 0 Å². The zero-order valence-electron chi connectivity index (χ0n) is 15.6. The third-order valence-corrected chi connectivity index (χ3v) is 5.07. The maximum absolute atomic E-state index is 5.80. The van der Waals surface area contributed by atoms with Crippen LogP contribution in [0.1, 0.15) is 17.0 Å².